The number of amides is 3. The molecule has 2 aromatic rings. The van der Waals surface area contributed by atoms with Crippen LogP contribution >= 0.6 is 22.9 Å². The Labute approximate surface area is 221 Å². The zero-order chi connectivity index (χ0) is 28.0. The van der Waals surface area contributed by atoms with Gasteiger partial charge in [0.2, 0.25) is 5.91 Å². The van der Waals surface area contributed by atoms with Crippen molar-refractivity contribution in [1.82, 2.24) is 10.2 Å². The molecular weight excluding hydrogens is 566 g/mol. The van der Waals surface area contributed by atoms with Crippen molar-refractivity contribution in [2.75, 3.05) is 49.6 Å². The molecule has 0 unspecified atom stereocenters. The van der Waals surface area contributed by atoms with Crippen LogP contribution in [0.3, 0.4) is 0 Å². The number of halogens is 7. The average molecular weight is 587 g/mol. The van der Waals surface area contributed by atoms with Gasteiger partial charge in [0.15, 0.2) is 0 Å². The maximum Gasteiger partial charge on any atom is 0.401 e. The van der Waals surface area contributed by atoms with E-state index in [1.165, 1.54) is 24.3 Å². The summed E-state index contributed by atoms with van der Waals surface area (Å²) in [6.07, 6.45) is -8.18. The molecule has 0 saturated carbocycles. The van der Waals surface area contributed by atoms with Gasteiger partial charge < -0.3 is 20.3 Å². The molecule has 1 fully saturated rings. The van der Waals surface area contributed by atoms with E-state index in [-0.39, 0.29) is 45.2 Å². The Balaban J connectivity index is 1.81. The number of thiophene rings is 1. The Morgan fingerprint density at radius 3 is 2.53 bits per heavy atom. The third-order valence-electron chi connectivity index (χ3n) is 5.24. The van der Waals surface area contributed by atoms with Crippen LogP contribution in [0.2, 0.25) is 4.34 Å². The number of rotatable bonds is 10. The number of morpholine rings is 1. The lowest BCUT2D eigenvalue weighted by atomic mass is 10.2. The number of benzene rings is 1. The summed E-state index contributed by atoms with van der Waals surface area (Å²) in [7, 11) is 0. The van der Waals surface area contributed by atoms with Crippen molar-refractivity contribution in [2.45, 2.75) is 18.6 Å². The predicted octanol–water partition coefficient (Wildman–Crippen LogP) is 3.77. The third kappa shape index (κ3) is 8.31. The lowest BCUT2D eigenvalue weighted by molar-refractivity contribution is -0.157. The number of anilines is 2. The second kappa shape index (κ2) is 12.8. The van der Waals surface area contributed by atoms with Crippen molar-refractivity contribution >= 4 is 52.0 Å². The summed E-state index contributed by atoms with van der Waals surface area (Å²) in [6, 6.07) is 4.05. The first kappa shape index (κ1) is 29.7. The number of ether oxygens (including phenoxy) is 1. The van der Waals surface area contributed by atoms with Crippen molar-refractivity contribution < 1.29 is 45.5 Å². The van der Waals surface area contributed by atoms with Gasteiger partial charge in [0.25, 0.3) is 18.2 Å². The molecule has 0 bridgehead atoms. The molecule has 3 amide bonds. The van der Waals surface area contributed by atoms with Gasteiger partial charge >= 0.3 is 6.18 Å². The van der Waals surface area contributed by atoms with E-state index in [9.17, 15) is 40.7 Å². The summed E-state index contributed by atoms with van der Waals surface area (Å²) in [5.74, 6) is -3.40. The zero-order valence-electron chi connectivity index (χ0n) is 19.4. The molecule has 0 radical (unpaired) electrons. The van der Waals surface area contributed by atoms with Crippen LogP contribution in [0.1, 0.15) is 9.67 Å². The number of carbonyl (C=O) groups is 3. The van der Waals surface area contributed by atoms with Gasteiger partial charge in [0, 0.05) is 18.8 Å². The SMILES string of the molecule is O=C(NC[C@H](C(=O)Nc1ccc(N2CCOCC2=O)c(F)c1)N(CC(F)F)CC(F)(F)F)c1ccc(Cl)s1. The molecule has 1 aliphatic heterocycles. The Morgan fingerprint density at radius 1 is 1.21 bits per heavy atom. The number of nitrogens with zero attached hydrogens (tertiary/aromatic N) is 2. The van der Waals surface area contributed by atoms with E-state index in [4.69, 9.17) is 16.3 Å². The summed E-state index contributed by atoms with van der Waals surface area (Å²) in [5.41, 5.74) is -0.312. The molecule has 8 nitrogen and oxygen atoms in total. The van der Waals surface area contributed by atoms with Crippen LogP contribution in [-0.4, -0.2) is 80.7 Å². The minimum atomic E-state index is -4.95. The molecule has 3 rings (SSSR count). The van der Waals surface area contributed by atoms with Crippen LogP contribution in [0.4, 0.5) is 37.7 Å². The highest BCUT2D eigenvalue weighted by molar-refractivity contribution is 7.18. The highest BCUT2D eigenvalue weighted by Gasteiger charge is 2.38. The molecule has 0 aliphatic carbocycles. The van der Waals surface area contributed by atoms with E-state index in [0.29, 0.717) is 0 Å². The minimum Gasteiger partial charge on any atom is -0.370 e. The van der Waals surface area contributed by atoms with Gasteiger partial charge in [-0.15, -0.1) is 11.3 Å². The van der Waals surface area contributed by atoms with Gasteiger partial charge in [0.1, 0.15) is 18.5 Å². The van der Waals surface area contributed by atoms with Gasteiger partial charge in [-0.05, 0) is 30.3 Å². The fourth-order valence-electron chi connectivity index (χ4n) is 3.61. The second-order valence-corrected chi connectivity index (χ2v) is 9.73. The van der Waals surface area contributed by atoms with E-state index in [0.717, 1.165) is 22.3 Å². The van der Waals surface area contributed by atoms with E-state index in [1.54, 1.807) is 0 Å². The van der Waals surface area contributed by atoms with Gasteiger partial charge in [0.05, 0.1) is 34.6 Å². The van der Waals surface area contributed by atoms with E-state index < -0.39 is 61.8 Å². The molecular formula is C22H21ClF6N4O4S. The fourth-order valence-corrected chi connectivity index (χ4v) is 4.57. The van der Waals surface area contributed by atoms with Crippen LogP contribution < -0.4 is 15.5 Å². The van der Waals surface area contributed by atoms with E-state index in [1.807, 2.05) is 0 Å². The maximum absolute atomic E-state index is 14.7. The third-order valence-corrected chi connectivity index (χ3v) is 6.47. The summed E-state index contributed by atoms with van der Waals surface area (Å²) in [5, 5.41) is 4.46. The Morgan fingerprint density at radius 2 is 1.95 bits per heavy atom. The van der Waals surface area contributed by atoms with Gasteiger partial charge in [-0.2, -0.15) is 13.2 Å². The first-order valence-electron chi connectivity index (χ1n) is 10.9. The fraction of sp³-hybridized carbons (Fsp3) is 0.409. The lowest BCUT2D eigenvalue weighted by Gasteiger charge is -2.31. The van der Waals surface area contributed by atoms with Crippen molar-refractivity contribution in [2.24, 2.45) is 0 Å². The summed E-state index contributed by atoms with van der Waals surface area (Å²) in [4.78, 5) is 38.7. The average Bonchev–Trinajstić information content (AvgIpc) is 3.25. The van der Waals surface area contributed by atoms with Crippen LogP contribution in [-0.2, 0) is 14.3 Å². The molecule has 1 aromatic carbocycles. The molecule has 1 saturated heterocycles. The van der Waals surface area contributed by atoms with Gasteiger partial charge in [-0.3, -0.25) is 19.3 Å². The molecule has 2 N–H and O–H groups in total. The Bertz CT molecular complexity index is 1170. The topological polar surface area (TPSA) is 91.0 Å². The van der Waals surface area contributed by atoms with E-state index in [2.05, 4.69) is 10.6 Å². The number of alkyl halides is 5. The Hall–Kier alpha value is -2.88. The second-order valence-electron chi connectivity index (χ2n) is 8.02. The largest absolute Gasteiger partial charge is 0.401 e. The van der Waals surface area contributed by atoms with Crippen molar-refractivity contribution in [3.63, 3.8) is 0 Å². The first-order valence-corrected chi connectivity index (χ1v) is 12.1. The summed E-state index contributed by atoms with van der Waals surface area (Å²) >= 11 is 6.63. The summed E-state index contributed by atoms with van der Waals surface area (Å²) in [6.45, 7) is -4.06. The van der Waals surface area contributed by atoms with Gasteiger partial charge in [-0.25, -0.2) is 13.2 Å². The van der Waals surface area contributed by atoms with Gasteiger partial charge in [-0.1, -0.05) is 11.6 Å². The highest BCUT2D eigenvalue weighted by Crippen LogP contribution is 2.26. The normalized spacial score (nSPS) is 15.2. The predicted molar refractivity (Wildman–Crippen MR) is 127 cm³/mol. The van der Waals surface area contributed by atoms with Crippen LogP contribution in [0, 0.1) is 5.82 Å². The maximum atomic E-state index is 14.7. The van der Waals surface area contributed by atoms with Crippen molar-refractivity contribution in [3.8, 4) is 0 Å². The number of nitrogens with one attached hydrogen (secondary N) is 2. The van der Waals surface area contributed by atoms with Crippen LogP contribution in [0.25, 0.3) is 0 Å². The smallest absolute Gasteiger partial charge is 0.370 e. The molecule has 1 aromatic heterocycles. The highest BCUT2D eigenvalue weighted by atomic mass is 35.5. The quantitative estimate of drug-likeness (QED) is 0.414. The van der Waals surface area contributed by atoms with Crippen LogP contribution in [0.15, 0.2) is 30.3 Å². The monoisotopic (exact) mass is 586 g/mol. The standard InChI is InChI=1S/C22H21ClF6N4O4S/c23-17-4-3-16(38-17)21(36)30-8-15(32(9-18(25)26)11-22(27,28)29)20(35)31-12-1-2-14(13(24)7-12)33-5-6-37-10-19(33)34/h1-4,7,15,18H,5-6,8-11H2,(H,30,36)(H,31,35)/t15-/m1/s1. The van der Waals surface area contributed by atoms with Crippen molar-refractivity contribution in [3.05, 3.63) is 45.4 Å². The number of hydrogen-bond donors (Lipinski definition) is 2. The molecule has 38 heavy (non-hydrogen) atoms. The lowest BCUT2D eigenvalue weighted by Crippen LogP contribution is -2.54. The Kier molecular flexibility index (Phi) is 9.98. The summed E-state index contributed by atoms with van der Waals surface area (Å²) < 4.78 is 85.8. The molecule has 208 valence electrons. The molecule has 16 heteroatoms. The number of hydrogen-bond acceptors (Lipinski definition) is 6. The van der Waals surface area contributed by atoms with Crippen molar-refractivity contribution in [1.29, 1.82) is 0 Å². The minimum absolute atomic E-state index is 0.0821. The molecule has 1 aliphatic rings. The number of carbonyl (C=O) groups excluding carboxylic acids is 3. The first-order chi connectivity index (χ1) is 17.8. The molecule has 2 heterocycles. The van der Waals surface area contributed by atoms with Crippen LogP contribution in [0.5, 0.6) is 0 Å². The zero-order valence-corrected chi connectivity index (χ0v) is 20.9. The van der Waals surface area contributed by atoms with E-state index >= 15 is 0 Å². The molecule has 1 atom stereocenters. The molecule has 0 spiro atoms.